The topological polar surface area (TPSA) is 64.0 Å². The fourth-order valence-electron chi connectivity index (χ4n) is 4.66. The number of rotatable bonds is 9. The third kappa shape index (κ3) is 9.18. The van der Waals surface area contributed by atoms with Crippen LogP contribution in [0, 0.1) is 0 Å². The van der Waals surface area contributed by atoms with Gasteiger partial charge in [0.1, 0.15) is 5.82 Å². The van der Waals surface area contributed by atoms with Crippen LogP contribution in [-0.2, 0) is 22.7 Å². The molecule has 47 heavy (non-hydrogen) atoms. The van der Waals surface area contributed by atoms with Crippen molar-refractivity contribution >= 4 is 51.1 Å². The number of hydrogen-bond acceptors (Lipinski definition) is 3. The molecule has 1 aromatic heterocycles. The molecule has 0 amide bonds. The Balaban J connectivity index is 1.40. The average Bonchev–Trinajstić information content (AvgIpc) is 3.37. The van der Waals surface area contributed by atoms with E-state index in [2.05, 4.69) is 0 Å². The van der Waals surface area contributed by atoms with E-state index in [4.69, 9.17) is 28.2 Å². The molecule has 14 heteroatoms. The lowest BCUT2D eigenvalue weighted by Gasteiger charge is -2.11. The summed E-state index contributed by atoms with van der Waals surface area (Å²) in [6.45, 7) is 0.252. The van der Waals surface area contributed by atoms with Gasteiger partial charge in [-0.25, -0.2) is 13.4 Å². The Morgan fingerprint density at radius 1 is 0.809 bits per heavy atom. The smallest absolute Gasteiger partial charge is 0.326 e. The summed E-state index contributed by atoms with van der Waals surface area (Å²) in [4.78, 5) is 4.72. The summed E-state index contributed by atoms with van der Waals surface area (Å²) in [7, 11) is -4.63. The van der Waals surface area contributed by atoms with Gasteiger partial charge in [-0.05, 0) is 70.8 Å². The molecular weight excluding hydrogens is 687 g/mol. The zero-order chi connectivity index (χ0) is 34.0. The first-order valence-electron chi connectivity index (χ1n) is 13.7. The second-order valence-electron chi connectivity index (χ2n) is 10.4. The first-order valence-corrected chi connectivity index (χ1v) is 16.1. The van der Waals surface area contributed by atoms with Crippen LogP contribution in [0.5, 0.6) is 0 Å². The van der Waals surface area contributed by atoms with E-state index in [1.807, 2.05) is 4.72 Å². The number of nitrogens with one attached hydrogen (secondary N) is 1. The molecule has 0 radical (unpaired) electrons. The number of anilines is 1. The molecule has 5 rings (SSSR count). The first-order chi connectivity index (χ1) is 22.0. The van der Waals surface area contributed by atoms with Gasteiger partial charge in [0.2, 0.25) is 10.0 Å². The normalized spacial score (nSPS) is 12.5. The summed E-state index contributed by atoms with van der Waals surface area (Å²) in [5.41, 5.74) is 2.86. The second kappa shape index (κ2) is 13.5. The minimum absolute atomic E-state index is 0.0223. The van der Waals surface area contributed by atoms with Crippen molar-refractivity contribution < 1.29 is 34.8 Å². The SMILES string of the molecule is O=S(=O)(CC(F)(F)F)Nc1ccc(Cn2cc(-c3ccc(Cl)cc3Cl)nc2/C=C/c2ccc(-c3cccc(C(F)(F)F)c3)cc2)cc1. The lowest BCUT2D eigenvalue weighted by Crippen LogP contribution is -2.27. The van der Waals surface area contributed by atoms with Crippen molar-refractivity contribution in [1.82, 2.24) is 9.55 Å². The predicted octanol–water partition coefficient (Wildman–Crippen LogP) is 10.1. The van der Waals surface area contributed by atoms with E-state index < -0.39 is 33.7 Å². The van der Waals surface area contributed by atoms with Crippen molar-refractivity contribution in [3.63, 3.8) is 0 Å². The van der Waals surface area contributed by atoms with E-state index in [-0.39, 0.29) is 12.2 Å². The maximum Gasteiger partial charge on any atom is 0.416 e. The largest absolute Gasteiger partial charge is 0.416 e. The second-order valence-corrected chi connectivity index (χ2v) is 13.0. The summed E-state index contributed by atoms with van der Waals surface area (Å²) in [5.74, 6) is -1.50. The third-order valence-corrected chi connectivity index (χ3v) is 8.61. The van der Waals surface area contributed by atoms with Gasteiger partial charge in [0.25, 0.3) is 0 Å². The Hall–Kier alpha value is -4.26. The Morgan fingerprint density at radius 3 is 2.15 bits per heavy atom. The van der Waals surface area contributed by atoms with Crippen LogP contribution in [-0.4, -0.2) is 29.9 Å². The highest BCUT2D eigenvalue weighted by Gasteiger charge is 2.35. The highest BCUT2D eigenvalue weighted by Crippen LogP contribution is 2.33. The van der Waals surface area contributed by atoms with Gasteiger partial charge >= 0.3 is 12.4 Å². The van der Waals surface area contributed by atoms with Gasteiger partial charge in [-0.1, -0.05) is 77.8 Å². The van der Waals surface area contributed by atoms with Gasteiger partial charge in [-0.2, -0.15) is 26.3 Å². The molecule has 0 aliphatic rings. The number of sulfonamides is 1. The van der Waals surface area contributed by atoms with E-state index in [1.54, 1.807) is 83.6 Å². The molecule has 0 saturated carbocycles. The Kier molecular flexibility index (Phi) is 9.76. The maximum absolute atomic E-state index is 13.2. The van der Waals surface area contributed by atoms with E-state index in [1.165, 1.54) is 18.2 Å². The van der Waals surface area contributed by atoms with Crippen molar-refractivity contribution in [2.75, 3.05) is 10.5 Å². The molecule has 0 spiro atoms. The van der Waals surface area contributed by atoms with Crippen LogP contribution in [0.2, 0.25) is 10.0 Å². The summed E-state index contributed by atoms with van der Waals surface area (Å²) in [5, 5.41) is 0.816. The van der Waals surface area contributed by atoms with Gasteiger partial charge in [-0.3, -0.25) is 4.72 Å². The molecule has 0 fully saturated rings. The number of alkyl halides is 6. The van der Waals surface area contributed by atoms with E-state index in [0.717, 1.165) is 17.7 Å². The lowest BCUT2D eigenvalue weighted by molar-refractivity contribution is -0.137. The fraction of sp³-hybridized carbons (Fsp3) is 0.121. The molecule has 0 aliphatic heterocycles. The van der Waals surface area contributed by atoms with Gasteiger partial charge in [0.15, 0.2) is 5.75 Å². The lowest BCUT2D eigenvalue weighted by atomic mass is 10.0. The summed E-state index contributed by atoms with van der Waals surface area (Å²) in [6.07, 6.45) is -4.06. The third-order valence-electron chi connectivity index (χ3n) is 6.81. The standard InChI is InChI=1S/C33H23Cl2F6N3O2S/c34-26-11-14-28(29(35)17-26)30-19-44(18-22-6-12-27(13-7-22)43-47(45,46)20-32(36,37)38)31(42-30)15-8-21-4-9-23(10-5-21)24-2-1-3-25(16-24)33(39,40)41/h1-17,19,43H,18,20H2/b15-8+. The van der Waals surface area contributed by atoms with Crippen LogP contribution in [0.3, 0.4) is 0 Å². The molecule has 5 nitrogen and oxygen atoms in total. The van der Waals surface area contributed by atoms with E-state index in [9.17, 15) is 34.8 Å². The number of nitrogens with zero attached hydrogens (tertiary/aromatic N) is 2. The summed E-state index contributed by atoms with van der Waals surface area (Å²) >= 11 is 12.5. The molecule has 5 aromatic rings. The van der Waals surface area contributed by atoms with Crippen LogP contribution >= 0.6 is 23.2 Å². The van der Waals surface area contributed by atoms with Crippen molar-refractivity contribution in [2.45, 2.75) is 18.9 Å². The van der Waals surface area contributed by atoms with Gasteiger partial charge < -0.3 is 4.57 Å². The van der Waals surface area contributed by atoms with Crippen molar-refractivity contribution in [3.05, 3.63) is 130 Å². The Labute approximate surface area is 276 Å². The van der Waals surface area contributed by atoms with Crippen LogP contribution in [0.4, 0.5) is 32.0 Å². The highest BCUT2D eigenvalue weighted by molar-refractivity contribution is 7.92. The van der Waals surface area contributed by atoms with Crippen LogP contribution < -0.4 is 4.72 Å². The quantitative estimate of drug-likeness (QED) is 0.155. The molecule has 0 bridgehead atoms. The average molecular weight is 711 g/mol. The van der Waals surface area contributed by atoms with Gasteiger partial charge in [-0.15, -0.1) is 0 Å². The molecule has 0 saturated heterocycles. The number of benzene rings is 4. The molecule has 0 unspecified atom stereocenters. The summed E-state index contributed by atoms with van der Waals surface area (Å²) in [6, 6.07) is 22.8. The minimum atomic E-state index is -4.88. The molecule has 0 aliphatic carbocycles. The molecule has 1 heterocycles. The van der Waals surface area contributed by atoms with Gasteiger partial charge in [0.05, 0.1) is 16.3 Å². The van der Waals surface area contributed by atoms with Crippen LogP contribution in [0.25, 0.3) is 34.5 Å². The molecule has 4 aromatic carbocycles. The van der Waals surface area contributed by atoms with Crippen molar-refractivity contribution in [1.29, 1.82) is 0 Å². The van der Waals surface area contributed by atoms with E-state index in [0.29, 0.717) is 43.8 Å². The molecular formula is C33H23Cl2F6N3O2S. The maximum atomic E-state index is 13.2. The Bertz CT molecular complexity index is 2020. The number of hydrogen-bond donors (Lipinski definition) is 1. The number of imidazole rings is 1. The minimum Gasteiger partial charge on any atom is -0.326 e. The predicted molar refractivity (Wildman–Crippen MR) is 172 cm³/mol. The monoisotopic (exact) mass is 709 g/mol. The zero-order valence-corrected chi connectivity index (χ0v) is 26.3. The van der Waals surface area contributed by atoms with E-state index >= 15 is 0 Å². The molecule has 0 atom stereocenters. The summed E-state index contributed by atoms with van der Waals surface area (Å²) < 4.78 is 105. The Morgan fingerprint density at radius 2 is 1.51 bits per heavy atom. The molecule has 244 valence electrons. The van der Waals surface area contributed by atoms with Crippen LogP contribution in [0.15, 0.2) is 97.2 Å². The zero-order valence-electron chi connectivity index (χ0n) is 23.9. The number of aromatic nitrogens is 2. The highest BCUT2D eigenvalue weighted by atomic mass is 35.5. The fourth-order valence-corrected chi connectivity index (χ4v) is 6.16. The van der Waals surface area contributed by atoms with Crippen LogP contribution in [0.1, 0.15) is 22.5 Å². The molecule has 1 N–H and O–H groups in total. The first kappa shape index (κ1) is 34.1. The van der Waals surface area contributed by atoms with Gasteiger partial charge in [0, 0.05) is 29.0 Å². The number of halogens is 8. The van der Waals surface area contributed by atoms with Crippen molar-refractivity contribution in [3.8, 4) is 22.4 Å². The van der Waals surface area contributed by atoms with Crippen molar-refractivity contribution in [2.24, 2.45) is 0 Å².